The Morgan fingerprint density at radius 2 is 2.00 bits per heavy atom. The molecule has 0 aromatic heterocycles. The fourth-order valence-corrected chi connectivity index (χ4v) is 3.60. The van der Waals surface area contributed by atoms with Gasteiger partial charge in [0.05, 0.1) is 5.41 Å². The van der Waals surface area contributed by atoms with E-state index in [1.54, 1.807) is 0 Å². The molecule has 1 atom stereocenters. The summed E-state index contributed by atoms with van der Waals surface area (Å²) in [6, 6.07) is 10.5. The summed E-state index contributed by atoms with van der Waals surface area (Å²) in [5.74, 6) is -0.120. The molecule has 2 saturated heterocycles. The average molecular weight is 289 g/mol. The molecule has 4 heteroatoms. The molecule has 0 bridgehead atoms. The molecule has 0 spiro atoms. The summed E-state index contributed by atoms with van der Waals surface area (Å²) < 4.78 is 5.35. The van der Waals surface area contributed by atoms with Crippen LogP contribution in [0.2, 0.25) is 0 Å². The third-order valence-corrected chi connectivity index (χ3v) is 4.97. The molecule has 0 aliphatic carbocycles. The largest absolute Gasteiger partial charge is 0.481 e. The Bertz CT molecular complexity index is 482. The molecule has 1 aromatic rings. The number of benzene rings is 1. The molecule has 2 aliphatic heterocycles. The molecule has 3 rings (SSSR count). The van der Waals surface area contributed by atoms with Crippen molar-refractivity contribution in [2.24, 2.45) is 5.41 Å². The molecule has 2 fully saturated rings. The Kier molecular flexibility index (Phi) is 4.27. The van der Waals surface area contributed by atoms with Gasteiger partial charge < -0.3 is 14.7 Å². The smallest absolute Gasteiger partial charge is 0.311 e. The summed E-state index contributed by atoms with van der Waals surface area (Å²) in [7, 11) is 0. The van der Waals surface area contributed by atoms with E-state index >= 15 is 0 Å². The predicted octanol–water partition coefficient (Wildman–Crippen LogP) is 2.36. The van der Waals surface area contributed by atoms with Crippen LogP contribution in [0.15, 0.2) is 30.3 Å². The van der Waals surface area contributed by atoms with Gasteiger partial charge in [0, 0.05) is 26.3 Å². The van der Waals surface area contributed by atoms with E-state index in [9.17, 15) is 9.90 Å². The molecule has 1 N–H and O–H groups in total. The highest BCUT2D eigenvalue weighted by molar-refractivity contribution is 5.75. The van der Waals surface area contributed by atoms with E-state index in [4.69, 9.17) is 4.74 Å². The first-order chi connectivity index (χ1) is 10.2. The third kappa shape index (κ3) is 3.11. The fraction of sp³-hybridized carbons (Fsp3) is 0.588. The second kappa shape index (κ2) is 6.16. The van der Waals surface area contributed by atoms with Crippen LogP contribution in [0.5, 0.6) is 0 Å². The molecule has 0 saturated carbocycles. The van der Waals surface area contributed by atoms with Crippen molar-refractivity contribution < 1.29 is 14.6 Å². The van der Waals surface area contributed by atoms with E-state index in [1.807, 2.05) is 6.07 Å². The van der Waals surface area contributed by atoms with Gasteiger partial charge in [-0.1, -0.05) is 30.3 Å². The van der Waals surface area contributed by atoms with Gasteiger partial charge in [0.1, 0.15) is 0 Å². The molecule has 0 radical (unpaired) electrons. The lowest BCUT2D eigenvalue weighted by Gasteiger charge is -2.36. The fourth-order valence-electron chi connectivity index (χ4n) is 3.60. The molecule has 1 unspecified atom stereocenters. The van der Waals surface area contributed by atoms with Gasteiger partial charge in [0.15, 0.2) is 0 Å². The molecular formula is C17H23NO3. The maximum absolute atomic E-state index is 11.7. The van der Waals surface area contributed by atoms with Crippen molar-refractivity contribution in [2.75, 3.05) is 32.8 Å². The minimum atomic E-state index is -0.658. The normalized spacial score (nSPS) is 25.8. The first-order valence-corrected chi connectivity index (χ1v) is 7.78. The van der Waals surface area contributed by atoms with Crippen LogP contribution in [0.4, 0.5) is 0 Å². The number of carboxylic acid groups (broad SMARTS) is 1. The highest BCUT2D eigenvalue weighted by atomic mass is 16.5. The minimum Gasteiger partial charge on any atom is -0.481 e. The topological polar surface area (TPSA) is 49.8 Å². The standard InChI is InChI=1S/C17H23NO3/c19-16(20)17(7-10-21-11-8-17)13-18-9-6-15(12-18)14-4-2-1-3-5-14/h1-5,15H,6-13H2,(H,19,20). The van der Waals surface area contributed by atoms with Crippen molar-refractivity contribution in [1.29, 1.82) is 0 Å². The molecule has 21 heavy (non-hydrogen) atoms. The zero-order valence-electron chi connectivity index (χ0n) is 12.3. The molecule has 114 valence electrons. The average Bonchev–Trinajstić information content (AvgIpc) is 2.97. The zero-order chi connectivity index (χ0) is 14.7. The van der Waals surface area contributed by atoms with Crippen molar-refractivity contribution >= 4 is 5.97 Å². The van der Waals surface area contributed by atoms with Crippen LogP contribution in [-0.4, -0.2) is 48.8 Å². The van der Waals surface area contributed by atoms with Gasteiger partial charge in [0.25, 0.3) is 0 Å². The number of likely N-dealkylation sites (tertiary alicyclic amines) is 1. The Morgan fingerprint density at radius 1 is 1.29 bits per heavy atom. The number of hydrogen-bond donors (Lipinski definition) is 1. The molecule has 2 aliphatic rings. The van der Waals surface area contributed by atoms with E-state index in [-0.39, 0.29) is 0 Å². The van der Waals surface area contributed by atoms with Crippen LogP contribution in [0.3, 0.4) is 0 Å². The summed E-state index contributed by atoms with van der Waals surface area (Å²) in [6.07, 6.45) is 2.39. The van der Waals surface area contributed by atoms with Gasteiger partial charge in [-0.25, -0.2) is 0 Å². The van der Waals surface area contributed by atoms with Crippen molar-refractivity contribution in [3.63, 3.8) is 0 Å². The first-order valence-electron chi connectivity index (χ1n) is 7.78. The van der Waals surface area contributed by atoms with Crippen LogP contribution in [0.25, 0.3) is 0 Å². The van der Waals surface area contributed by atoms with E-state index in [0.717, 1.165) is 19.5 Å². The van der Waals surface area contributed by atoms with Crippen LogP contribution in [0, 0.1) is 5.41 Å². The zero-order valence-corrected chi connectivity index (χ0v) is 12.3. The Hall–Kier alpha value is -1.39. The number of aliphatic carboxylic acids is 1. The van der Waals surface area contributed by atoms with Gasteiger partial charge in [0.2, 0.25) is 0 Å². The summed E-state index contributed by atoms with van der Waals surface area (Å²) in [5.41, 5.74) is 0.764. The van der Waals surface area contributed by atoms with E-state index in [1.165, 1.54) is 5.56 Å². The number of carbonyl (C=O) groups is 1. The van der Waals surface area contributed by atoms with Gasteiger partial charge in [-0.15, -0.1) is 0 Å². The lowest BCUT2D eigenvalue weighted by Crippen LogP contribution is -2.46. The summed E-state index contributed by atoms with van der Waals surface area (Å²) in [5, 5.41) is 9.65. The summed E-state index contributed by atoms with van der Waals surface area (Å²) in [6.45, 7) is 3.77. The lowest BCUT2D eigenvalue weighted by atomic mass is 9.80. The second-order valence-electron chi connectivity index (χ2n) is 6.33. The van der Waals surface area contributed by atoms with E-state index in [0.29, 0.717) is 38.5 Å². The molecule has 0 amide bonds. The maximum Gasteiger partial charge on any atom is 0.311 e. The lowest BCUT2D eigenvalue weighted by molar-refractivity contribution is -0.156. The van der Waals surface area contributed by atoms with Crippen molar-refractivity contribution in [3.05, 3.63) is 35.9 Å². The number of carboxylic acids is 1. The molecular weight excluding hydrogens is 266 g/mol. The molecule has 2 heterocycles. The van der Waals surface area contributed by atoms with Crippen LogP contribution >= 0.6 is 0 Å². The minimum absolute atomic E-state index is 0.539. The second-order valence-corrected chi connectivity index (χ2v) is 6.33. The quantitative estimate of drug-likeness (QED) is 0.924. The van der Waals surface area contributed by atoms with Crippen LogP contribution in [0.1, 0.15) is 30.7 Å². The van der Waals surface area contributed by atoms with Crippen molar-refractivity contribution in [2.45, 2.75) is 25.2 Å². The third-order valence-electron chi connectivity index (χ3n) is 4.97. The maximum atomic E-state index is 11.7. The van der Waals surface area contributed by atoms with Gasteiger partial charge in [-0.2, -0.15) is 0 Å². The Labute approximate surface area is 125 Å². The molecule has 1 aromatic carbocycles. The number of ether oxygens (including phenoxy) is 1. The highest BCUT2D eigenvalue weighted by Gasteiger charge is 2.42. The van der Waals surface area contributed by atoms with Crippen molar-refractivity contribution in [1.82, 2.24) is 4.90 Å². The van der Waals surface area contributed by atoms with Crippen molar-refractivity contribution in [3.8, 4) is 0 Å². The van der Waals surface area contributed by atoms with E-state index in [2.05, 4.69) is 29.2 Å². The van der Waals surface area contributed by atoms with Gasteiger partial charge in [-0.3, -0.25) is 4.79 Å². The number of rotatable bonds is 4. The monoisotopic (exact) mass is 289 g/mol. The summed E-state index contributed by atoms with van der Waals surface area (Å²) in [4.78, 5) is 14.1. The first kappa shape index (κ1) is 14.5. The number of nitrogens with zero attached hydrogens (tertiary/aromatic N) is 1. The summed E-state index contributed by atoms with van der Waals surface area (Å²) >= 11 is 0. The Morgan fingerprint density at radius 3 is 2.67 bits per heavy atom. The van der Waals surface area contributed by atoms with Gasteiger partial charge in [-0.05, 0) is 37.3 Å². The Balaban J connectivity index is 1.64. The van der Waals surface area contributed by atoms with Crippen LogP contribution < -0.4 is 0 Å². The molecule has 4 nitrogen and oxygen atoms in total. The number of hydrogen-bond acceptors (Lipinski definition) is 3. The SMILES string of the molecule is O=C(O)C1(CN2CCC(c3ccccc3)C2)CCOCC1. The van der Waals surface area contributed by atoms with Crippen LogP contribution in [-0.2, 0) is 9.53 Å². The predicted molar refractivity (Wildman–Crippen MR) is 80.4 cm³/mol. The van der Waals surface area contributed by atoms with E-state index < -0.39 is 11.4 Å². The van der Waals surface area contributed by atoms with Gasteiger partial charge >= 0.3 is 5.97 Å². The highest BCUT2D eigenvalue weighted by Crippen LogP contribution is 2.35.